The van der Waals surface area contributed by atoms with Crippen LogP contribution in [0.3, 0.4) is 0 Å². The summed E-state index contributed by atoms with van der Waals surface area (Å²) in [6, 6.07) is 12.5. The molecule has 2 aliphatic rings. The van der Waals surface area contributed by atoms with Crippen LogP contribution < -0.4 is 4.90 Å². The number of imide groups is 1. The van der Waals surface area contributed by atoms with Crippen LogP contribution in [0.1, 0.15) is 44.4 Å². The number of carbonyl (C=O) groups is 4. The second-order valence-corrected chi connectivity index (χ2v) is 6.42. The molecule has 2 heterocycles. The number of hydrogen-bond acceptors (Lipinski definition) is 6. The van der Waals surface area contributed by atoms with Crippen molar-refractivity contribution in [2.45, 2.75) is 25.6 Å². The third kappa shape index (κ3) is 2.87. The van der Waals surface area contributed by atoms with E-state index in [1.54, 1.807) is 31.2 Å². The molecule has 0 N–H and O–H groups in total. The standard InChI is InChI=1S/C20H15NO6/c1-11-10-16(20(25)26-11)27-19(24)12-6-8-13(9-7-12)21-17(22)14-4-2-3-5-15(14)18(21)23/h2-9,11,16H,10H2,1H3. The van der Waals surface area contributed by atoms with Crippen molar-refractivity contribution in [1.82, 2.24) is 0 Å². The van der Waals surface area contributed by atoms with Crippen molar-refractivity contribution in [3.63, 3.8) is 0 Å². The monoisotopic (exact) mass is 365 g/mol. The van der Waals surface area contributed by atoms with Crippen molar-refractivity contribution >= 4 is 29.4 Å². The highest BCUT2D eigenvalue weighted by molar-refractivity contribution is 6.34. The van der Waals surface area contributed by atoms with E-state index < -0.39 is 29.9 Å². The van der Waals surface area contributed by atoms with Gasteiger partial charge in [-0.05, 0) is 43.3 Å². The summed E-state index contributed by atoms with van der Waals surface area (Å²) in [5.74, 6) is -2.04. The quantitative estimate of drug-likeness (QED) is 0.613. The predicted octanol–water partition coefficient (Wildman–Crippen LogP) is 2.35. The number of amides is 2. The molecule has 0 aromatic heterocycles. The van der Waals surface area contributed by atoms with Crippen LogP contribution >= 0.6 is 0 Å². The van der Waals surface area contributed by atoms with Gasteiger partial charge in [0.25, 0.3) is 11.8 Å². The average Bonchev–Trinajstić information content (AvgIpc) is 3.11. The van der Waals surface area contributed by atoms with Crippen LogP contribution in [0.4, 0.5) is 5.69 Å². The number of ether oxygens (including phenoxy) is 2. The van der Waals surface area contributed by atoms with Gasteiger partial charge in [-0.25, -0.2) is 14.5 Å². The first-order valence-corrected chi connectivity index (χ1v) is 8.45. The number of benzene rings is 2. The van der Waals surface area contributed by atoms with Gasteiger partial charge in [0, 0.05) is 6.42 Å². The van der Waals surface area contributed by atoms with E-state index in [9.17, 15) is 19.2 Å². The van der Waals surface area contributed by atoms with E-state index in [0.717, 1.165) is 4.90 Å². The first-order valence-electron chi connectivity index (χ1n) is 8.45. The molecule has 7 heteroatoms. The van der Waals surface area contributed by atoms with Crippen LogP contribution in [-0.2, 0) is 14.3 Å². The Hall–Kier alpha value is -3.48. The van der Waals surface area contributed by atoms with Gasteiger partial charge in [0.15, 0.2) is 0 Å². The predicted molar refractivity (Wildman–Crippen MR) is 93.4 cm³/mol. The molecule has 2 amide bonds. The van der Waals surface area contributed by atoms with Crippen LogP contribution in [0.2, 0.25) is 0 Å². The zero-order valence-corrected chi connectivity index (χ0v) is 14.4. The fourth-order valence-electron chi connectivity index (χ4n) is 3.18. The highest BCUT2D eigenvalue weighted by atomic mass is 16.6. The van der Waals surface area contributed by atoms with E-state index in [1.807, 2.05) is 0 Å². The van der Waals surface area contributed by atoms with Gasteiger partial charge in [-0.15, -0.1) is 0 Å². The van der Waals surface area contributed by atoms with Crippen LogP contribution in [-0.4, -0.2) is 36.0 Å². The maximum atomic E-state index is 12.5. The maximum Gasteiger partial charge on any atom is 0.347 e. The molecule has 0 saturated carbocycles. The maximum absolute atomic E-state index is 12.5. The summed E-state index contributed by atoms with van der Waals surface area (Å²) in [7, 11) is 0. The van der Waals surface area contributed by atoms with Crippen LogP contribution in [0.25, 0.3) is 0 Å². The van der Waals surface area contributed by atoms with Gasteiger partial charge in [-0.3, -0.25) is 9.59 Å². The van der Waals surface area contributed by atoms with Gasteiger partial charge in [0.1, 0.15) is 6.10 Å². The van der Waals surface area contributed by atoms with E-state index >= 15 is 0 Å². The van der Waals surface area contributed by atoms with E-state index in [0.29, 0.717) is 23.2 Å². The van der Waals surface area contributed by atoms with Crippen molar-refractivity contribution in [1.29, 1.82) is 0 Å². The van der Waals surface area contributed by atoms with E-state index in [4.69, 9.17) is 9.47 Å². The topological polar surface area (TPSA) is 90.0 Å². The molecule has 0 bridgehead atoms. The lowest BCUT2D eigenvalue weighted by atomic mass is 10.1. The van der Waals surface area contributed by atoms with Crippen molar-refractivity contribution in [3.8, 4) is 0 Å². The summed E-state index contributed by atoms with van der Waals surface area (Å²) < 4.78 is 10.1. The SMILES string of the molecule is CC1CC(OC(=O)c2ccc(N3C(=O)c4ccccc4C3=O)cc2)C(=O)O1. The molecule has 7 nitrogen and oxygen atoms in total. The molecule has 136 valence electrons. The zero-order valence-electron chi connectivity index (χ0n) is 14.4. The largest absolute Gasteiger partial charge is 0.460 e. The molecule has 2 aromatic rings. The van der Waals surface area contributed by atoms with Gasteiger partial charge in [0.2, 0.25) is 6.10 Å². The number of fused-ring (bicyclic) bond motifs is 1. The van der Waals surface area contributed by atoms with Gasteiger partial charge < -0.3 is 9.47 Å². The lowest BCUT2D eigenvalue weighted by Crippen LogP contribution is -2.29. The fourth-order valence-corrected chi connectivity index (χ4v) is 3.18. The summed E-state index contributed by atoms with van der Waals surface area (Å²) in [5, 5.41) is 0. The summed E-state index contributed by atoms with van der Waals surface area (Å²) in [6.07, 6.45) is -0.882. The summed E-state index contributed by atoms with van der Waals surface area (Å²) >= 11 is 0. The van der Waals surface area contributed by atoms with Crippen LogP contribution in [0.5, 0.6) is 0 Å². The first-order chi connectivity index (χ1) is 13.0. The smallest absolute Gasteiger partial charge is 0.347 e. The summed E-state index contributed by atoms with van der Waals surface area (Å²) in [6.45, 7) is 1.72. The Morgan fingerprint density at radius 2 is 1.59 bits per heavy atom. The molecular weight excluding hydrogens is 350 g/mol. The molecule has 4 rings (SSSR count). The van der Waals surface area contributed by atoms with Crippen molar-refractivity contribution in [2.75, 3.05) is 4.90 Å². The number of esters is 2. The Labute approximate surface area is 154 Å². The molecule has 2 aromatic carbocycles. The Bertz CT molecular complexity index is 930. The second-order valence-electron chi connectivity index (χ2n) is 6.42. The third-order valence-corrected chi connectivity index (χ3v) is 4.53. The normalized spacial score (nSPS) is 21.2. The molecule has 1 fully saturated rings. The van der Waals surface area contributed by atoms with Gasteiger partial charge in [-0.1, -0.05) is 12.1 Å². The minimum atomic E-state index is -0.914. The third-order valence-electron chi connectivity index (χ3n) is 4.53. The number of nitrogens with zero attached hydrogens (tertiary/aromatic N) is 1. The van der Waals surface area contributed by atoms with Crippen molar-refractivity contribution in [3.05, 3.63) is 65.2 Å². The highest BCUT2D eigenvalue weighted by Gasteiger charge is 2.37. The first kappa shape index (κ1) is 17.0. The van der Waals surface area contributed by atoms with Crippen LogP contribution in [0.15, 0.2) is 48.5 Å². The Morgan fingerprint density at radius 3 is 2.11 bits per heavy atom. The molecular formula is C20H15NO6. The van der Waals surface area contributed by atoms with Crippen molar-refractivity contribution in [2.24, 2.45) is 0 Å². The number of carbonyl (C=O) groups excluding carboxylic acids is 4. The molecule has 0 radical (unpaired) electrons. The number of hydrogen-bond donors (Lipinski definition) is 0. The second kappa shape index (κ2) is 6.35. The average molecular weight is 365 g/mol. The minimum Gasteiger partial charge on any atom is -0.460 e. The van der Waals surface area contributed by atoms with E-state index in [2.05, 4.69) is 0 Å². The minimum absolute atomic E-state index is 0.211. The molecule has 0 aliphatic carbocycles. The molecule has 0 spiro atoms. The van der Waals surface area contributed by atoms with Gasteiger partial charge in [0.05, 0.1) is 22.4 Å². The zero-order chi connectivity index (χ0) is 19.1. The summed E-state index contributed by atoms with van der Waals surface area (Å²) in [5.41, 5.74) is 1.26. The highest BCUT2D eigenvalue weighted by Crippen LogP contribution is 2.28. The van der Waals surface area contributed by atoms with E-state index in [-0.39, 0.29) is 11.7 Å². The van der Waals surface area contributed by atoms with Gasteiger partial charge in [-0.2, -0.15) is 0 Å². The molecule has 2 unspecified atom stereocenters. The number of anilines is 1. The van der Waals surface area contributed by atoms with E-state index in [1.165, 1.54) is 24.3 Å². The molecule has 27 heavy (non-hydrogen) atoms. The molecule has 1 saturated heterocycles. The number of rotatable bonds is 3. The van der Waals surface area contributed by atoms with Crippen LogP contribution in [0, 0.1) is 0 Å². The summed E-state index contributed by atoms with van der Waals surface area (Å²) in [4.78, 5) is 49.8. The molecule has 2 aliphatic heterocycles. The number of cyclic esters (lactones) is 1. The van der Waals surface area contributed by atoms with Crippen molar-refractivity contribution < 1.29 is 28.7 Å². The Morgan fingerprint density at radius 1 is 1.00 bits per heavy atom. The lowest BCUT2D eigenvalue weighted by Gasteiger charge is -2.14. The Kier molecular flexibility index (Phi) is 3.99. The van der Waals surface area contributed by atoms with Gasteiger partial charge >= 0.3 is 11.9 Å². The lowest BCUT2D eigenvalue weighted by molar-refractivity contribution is -0.147. The Balaban J connectivity index is 1.52. The fraction of sp³-hybridized carbons (Fsp3) is 0.200. The molecule has 2 atom stereocenters.